The number of hydrogen-bond donors (Lipinski definition) is 1. The van der Waals surface area contributed by atoms with Crippen molar-refractivity contribution in [2.75, 3.05) is 26.2 Å². The number of amides is 1. The van der Waals surface area contributed by atoms with Gasteiger partial charge >= 0.3 is 12.1 Å². The molecule has 1 saturated carbocycles. The van der Waals surface area contributed by atoms with Crippen LogP contribution in [0.4, 0.5) is 4.79 Å². The smallest absolute Gasteiger partial charge is 0.410 e. The molecule has 1 aliphatic carbocycles. The minimum absolute atomic E-state index is 0.101. The van der Waals surface area contributed by atoms with E-state index in [-0.39, 0.29) is 38.0 Å². The summed E-state index contributed by atoms with van der Waals surface area (Å²) < 4.78 is 41.8. The Balaban J connectivity index is 1.78. The maximum Gasteiger partial charge on any atom is 0.410 e. The van der Waals surface area contributed by atoms with Gasteiger partial charge in [-0.1, -0.05) is 37.3 Å². The van der Waals surface area contributed by atoms with Crippen LogP contribution in [0.2, 0.25) is 0 Å². The number of ether oxygens (including phenoxy) is 2. The maximum absolute atomic E-state index is 13.4. The first kappa shape index (κ1) is 26.4. The van der Waals surface area contributed by atoms with E-state index in [1.807, 2.05) is 37.3 Å². The van der Waals surface area contributed by atoms with Gasteiger partial charge in [-0.3, -0.25) is 0 Å². The summed E-state index contributed by atoms with van der Waals surface area (Å²) in [4.78, 5) is 27.2. The average molecular weight is 496 g/mol. The first-order valence-corrected chi connectivity index (χ1v) is 13.1. The highest BCUT2D eigenvalue weighted by Crippen LogP contribution is 2.58. The van der Waals surface area contributed by atoms with Crippen molar-refractivity contribution in [2.24, 2.45) is 5.92 Å². The van der Waals surface area contributed by atoms with E-state index in [4.69, 9.17) is 9.47 Å². The monoisotopic (exact) mass is 495 g/mol. The molecule has 0 aromatic heterocycles. The van der Waals surface area contributed by atoms with Crippen molar-refractivity contribution in [1.29, 1.82) is 0 Å². The molecule has 2 aliphatic rings. The second-order valence-electron chi connectivity index (χ2n) is 11.0. The van der Waals surface area contributed by atoms with Crippen LogP contribution in [-0.4, -0.2) is 72.6 Å². The van der Waals surface area contributed by atoms with Crippen LogP contribution in [0.1, 0.15) is 59.9 Å². The zero-order chi connectivity index (χ0) is 25.5. The van der Waals surface area contributed by atoms with Crippen LogP contribution in [0.5, 0.6) is 0 Å². The fourth-order valence-electron chi connectivity index (χ4n) is 4.36. The summed E-state index contributed by atoms with van der Waals surface area (Å²) in [7, 11) is -4.03. The first-order valence-electron chi connectivity index (χ1n) is 11.6. The summed E-state index contributed by atoms with van der Waals surface area (Å²) in [5.41, 5.74) is -1.91. The van der Waals surface area contributed by atoms with Crippen molar-refractivity contribution in [2.45, 2.75) is 71.1 Å². The Morgan fingerprint density at radius 1 is 0.941 bits per heavy atom. The van der Waals surface area contributed by atoms with Gasteiger partial charge in [0.15, 0.2) is 0 Å². The summed E-state index contributed by atoms with van der Waals surface area (Å²) >= 11 is 0. The molecule has 34 heavy (non-hydrogen) atoms. The third-order valence-electron chi connectivity index (χ3n) is 6.02. The molecule has 1 N–H and O–H groups in total. The van der Waals surface area contributed by atoms with Crippen LogP contribution < -0.4 is 4.72 Å². The average Bonchev–Trinajstić information content (AvgIpc) is 3.30. The van der Waals surface area contributed by atoms with Crippen LogP contribution in [-0.2, 0) is 24.5 Å². The van der Waals surface area contributed by atoms with Crippen molar-refractivity contribution >= 4 is 22.3 Å². The lowest BCUT2D eigenvalue weighted by atomic mass is 10.1. The van der Waals surface area contributed by atoms with Gasteiger partial charge in [-0.2, -0.15) is 17.4 Å². The standard InChI is InChI=1S/C24H37N3O6S/c1-17-19(18-11-9-8-10-12-18)24(17,20(28)32-22(2,3)4)25-34(30,31)27-15-13-26(14-16-27)21(29)33-23(5,6)7/h8-12,17,19,25H,13-16H2,1-7H3. The predicted octanol–water partition coefficient (Wildman–Crippen LogP) is 2.89. The number of rotatable bonds is 5. The number of carbonyl (C=O) groups is 2. The molecule has 1 saturated heterocycles. The third-order valence-corrected chi connectivity index (χ3v) is 7.66. The van der Waals surface area contributed by atoms with Crippen LogP contribution in [0, 0.1) is 5.92 Å². The Morgan fingerprint density at radius 3 is 1.97 bits per heavy atom. The number of nitrogens with one attached hydrogen (secondary N) is 1. The van der Waals surface area contributed by atoms with Gasteiger partial charge in [-0.25, -0.2) is 9.59 Å². The molecule has 1 amide bonds. The van der Waals surface area contributed by atoms with Crippen molar-refractivity contribution in [1.82, 2.24) is 13.9 Å². The summed E-state index contributed by atoms with van der Waals surface area (Å²) in [6, 6.07) is 9.39. The van der Waals surface area contributed by atoms with Gasteiger partial charge in [-0.05, 0) is 53.0 Å². The Hall–Kier alpha value is -2.17. The number of hydrogen-bond acceptors (Lipinski definition) is 6. The Morgan fingerprint density at radius 2 is 1.47 bits per heavy atom. The molecule has 0 spiro atoms. The molecule has 1 heterocycles. The van der Waals surface area contributed by atoms with E-state index >= 15 is 0 Å². The third kappa shape index (κ3) is 5.72. The summed E-state index contributed by atoms with van der Waals surface area (Å²) in [6.45, 7) is 13.1. The van der Waals surface area contributed by atoms with Gasteiger partial charge in [0, 0.05) is 32.1 Å². The van der Waals surface area contributed by atoms with Crippen molar-refractivity contribution in [3.63, 3.8) is 0 Å². The molecule has 2 fully saturated rings. The maximum atomic E-state index is 13.4. The quantitative estimate of drug-likeness (QED) is 0.630. The summed E-state index contributed by atoms with van der Waals surface area (Å²) in [6.07, 6.45) is -0.470. The highest BCUT2D eigenvalue weighted by atomic mass is 32.2. The molecule has 1 aliphatic heterocycles. The molecule has 190 valence electrons. The fraction of sp³-hybridized carbons (Fsp3) is 0.667. The molecule has 3 rings (SSSR count). The van der Waals surface area contributed by atoms with Gasteiger partial charge in [-0.15, -0.1) is 0 Å². The lowest BCUT2D eigenvalue weighted by Crippen LogP contribution is -2.58. The minimum atomic E-state index is -4.03. The van der Waals surface area contributed by atoms with Crippen molar-refractivity contribution in [3.05, 3.63) is 35.9 Å². The van der Waals surface area contributed by atoms with Gasteiger partial charge in [0.05, 0.1) is 0 Å². The van der Waals surface area contributed by atoms with E-state index in [2.05, 4.69) is 4.72 Å². The second kappa shape index (κ2) is 9.13. The zero-order valence-electron chi connectivity index (χ0n) is 21.1. The van der Waals surface area contributed by atoms with Crippen LogP contribution >= 0.6 is 0 Å². The molecule has 3 unspecified atom stereocenters. The molecule has 10 heteroatoms. The van der Waals surface area contributed by atoms with E-state index in [1.165, 1.54) is 9.21 Å². The normalized spacial score (nSPS) is 26.1. The topological polar surface area (TPSA) is 105 Å². The van der Waals surface area contributed by atoms with Gasteiger partial charge in [0.25, 0.3) is 10.2 Å². The van der Waals surface area contributed by atoms with Crippen LogP contribution in [0.25, 0.3) is 0 Å². The second-order valence-corrected chi connectivity index (χ2v) is 12.7. The minimum Gasteiger partial charge on any atom is -0.459 e. The largest absolute Gasteiger partial charge is 0.459 e. The predicted molar refractivity (Wildman–Crippen MR) is 128 cm³/mol. The van der Waals surface area contributed by atoms with E-state index in [9.17, 15) is 18.0 Å². The molecule has 9 nitrogen and oxygen atoms in total. The van der Waals surface area contributed by atoms with E-state index < -0.39 is 39.0 Å². The highest BCUT2D eigenvalue weighted by Gasteiger charge is 2.71. The summed E-state index contributed by atoms with van der Waals surface area (Å²) in [5, 5.41) is 0. The Kier molecular flexibility index (Phi) is 7.09. The molecule has 0 bridgehead atoms. The SMILES string of the molecule is CC1C(c2ccccc2)C1(NS(=O)(=O)N1CCN(C(=O)OC(C)(C)C)CC1)C(=O)OC(C)(C)C. The van der Waals surface area contributed by atoms with E-state index in [0.29, 0.717) is 0 Å². The van der Waals surface area contributed by atoms with E-state index in [1.54, 1.807) is 41.5 Å². The fourth-order valence-corrected chi connectivity index (χ4v) is 5.96. The Labute approximate surface area is 203 Å². The molecular weight excluding hydrogens is 458 g/mol. The zero-order valence-corrected chi connectivity index (χ0v) is 21.9. The molecule has 1 aromatic carbocycles. The molecule has 3 atom stereocenters. The first-order chi connectivity index (χ1) is 15.6. The highest BCUT2D eigenvalue weighted by molar-refractivity contribution is 7.87. The van der Waals surface area contributed by atoms with Gasteiger partial charge in [0.2, 0.25) is 0 Å². The van der Waals surface area contributed by atoms with Crippen LogP contribution in [0.3, 0.4) is 0 Å². The number of benzene rings is 1. The van der Waals surface area contributed by atoms with Crippen molar-refractivity contribution < 1.29 is 27.5 Å². The number of esters is 1. The van der Waals surface area contributed by atoms with E-state index in [0.717, 1.165) is 5.56 Å². The lowest BCUT2D eigenvalue weighted by molar-refractivity contribution is -0.158. The number of carbonyl (C=O) groups excluding carboxylic acids is 2. The molecule has 0 radical (unpaired) electrons. The molecular formula is C24H37N3O6S. The van der Waals surface area contributed by atoms with Gasteiger partial charge < -0.3 is 14.4 Å². The lowest BCUT2D eigenvalue weighted by Gasteiger charge is -2.36. The summed E-state index contributed by atoms with van der Waals surface area (Å²) in [5.74, 6) is -1.22. The Bertz CT molecular complexity index is 1010. The number of nitrogens with zero attached hydrogens (tertiary/aromatic N) is 2. The van der Waals surface area contributed by atoms with Crippen LogP contribution in [0.15, 0.2) is 30.3 Å². The molecule has 1 aromatic rings. The number of piperazine rings is 1. The van der Waals surface area contributed by atoms with Gasteiger partial charge in [0.1, 0.15) is 16.7 Å². The van der Waals surface area contributed by atoms with Crippen molar-refractivity contribution in [3.8, 4) is 0 Å².